The summed E-state index contributed by atoms with van der Waals surface area (Å²) in [6.07, 6.45) is 6.67. The molecule has 2 N–H and O–H groups in total. The minimum absolute atomic E-state index is 0.305. The normalized spacial score (nSPS) is 31.8. The Morgan fingerprint density at radius 2 is 2.00 bits per heavy atom. The van der Waals surface area contributed by atoms with E-state index in [0.29, 0.717) is 5.54 Å². The summed E-state index contributed by atoms with van der Waals surface area (Å²) in [5.41, 5.74) is 6.48. The van der Waals surface area contributed by atoms with Crippen LogP contribution in [0.5, 0.6) is 0 Å². The second kappa shape index (κ2) is 5.68. The van der Waals surface area contributed by atoms with Crippen molar-refractivity contribution in [2.75, 3.05) is 32.7 Å². The van der Waals surface area contributed by atoms with E-state index in [4.69, 9.17) is 5.73 Å². The Hall–Kier alpha value is -0.120. The Morgan fingerprint density at radius 1 is 1.24 bits per heavy atom. The molecule has 100 valence electrons. The molecule has 0 amide bonds. The van der Waals surface area contributed by atoms with Gasteiger partial charge in [-0.2, -0.15) is 0 Å². The van der Waals surface area contributed by atoms with E-state index < -0.39 is 0 Å². The lowest BCUT2D eigenvalue weighted by Gasteiger charge is -2.43. The van der Waals surface area contributed by atoms with Crippen LogP contribution in [0, 0.1) is 0 Å². The molecule has 1 aliphatic carbocycles. The predicted octanol–water partition coefficient (Wildman–Crippen LogP) is 1.67. The Kier molecular flexibility index (Phi) is 4.45. The minimum atomic E-state index is 0.305. The van der Waals surface area contributed by atoms with E-state index in [9.17, 15) is 0 Å². The first-order chi connectivity index (χ1) is 8.25. The SMILES string of the molecule is CCN1CCCC(CN)(N(CC)C2CC2)CC1. The van der Waals surface area contributed by atoms with Gasteiger partial charge in [-0.3, -0.25) is 4.90 Å². The zero-order valence-corrected chi connectivity index (χ0v) is 11.6. The molecule has 0 aromatic heterocycles. The van der Waals surface area contributed by atoms with E-state index in [1.165, 1.54) is 58.3 Å². The molecule has 0 radical (unpaired) electrons. The summed E-state index contributed by atoms with van der Waals surface area (Å²) >= 11 is 0. The summed E-state index contributed by atoms with van der Waals surface area (Å²) in [5.74, 6) is 0. The van der Waals surface area contributed by atoms with Gasteiger partial charge in [-0.25, -0.2) is 0 Å². The van der Waals surface area contributed by atoms with Crippen molar-refractivity contribution in [3.8, 4) is 0 Å². The van der Waals surface area contributed by atoms with Crippen molar-refractivity contribution in [2.24, 2.45) is 5.73 Å². The molecule has 1 atom stereocenters. The van der Waals surface area contributed by atoms with Crippen molar-refractivity contribution >= 4 is 0 Å². The van der Waals surface area contributed by atoms with Crippen molar-refractivity contribution in [3.63, 3.8) is 0 Å². The third kappa shape index (κ3) is 2.83. The molecule has 3 nitrogen and oxygen atoms in total. The molecule has 1 unspecified atom stereocenters. The first-order valence-electron chi connectivity index (χ1n) is 7.45. The van der Waals surface area contributed by atoms with Crippen LogP contribution in [-0.2, 0) is 0 Å². The van der Waals surface area contributed by atoms with Crippen LogP contribution < -0.4 is 5.73 Å². The average Bonchev–Trinajstić information content (AvgIpc) is 3.17. The smallest absolute Gasteiger partial charge is 0.0347 e. The summed E-state index contributed by atoms with van der Waals surface area (Å²) in [6, 6.07) is 0.844. The number of hydrogen-bond donors (Lipinski definition) is 1. The summed E-state index contributed by atoms with van der Waals surface area (Å²) in [5, 5.41) is 0. The van der Waals surface area contributed by atoms with Crippen LogP contribution in [0.3, 0.4) is 0 Å². The van der Waals surface area contributed by atoms with Gasteiger partial charge < -0.3 is 10.6 Å². The molecule has 0 aromatic rings. The molecule has 0 aromatic carbocycles. The highest BCUT2D eigenvalue weighted by atomic mass is 15.3. The Labute approximate surface area is 106 Å². The zero-order valence-electron chi connectivity index (χ0n) is 11.6. The fourth-order valence-corrected chi connectivity index (χ4v) is 3.53. The molecule has 1 aliphatic heterocycles. The summed E-state index contributed by atoms with van der Waals surface area (Å²) in [7, 11) is 0. The highest BCUT2D eigenvalue weighted by Crippen LogP contribution is 2.37. The molecule has 2 fully saturated rings. The second-order valence-corrected chi connectivity index (χ2v) is 5.73. The van der Waals surface area contributed by atoms with Gasteiger partial charge in [0.15, 0.2) is 0 Å². The van der Waals surface area contributed by atoms with Gasteiger partial charge in [-0.1, -0.05) is 13.8 Å². The maximum absolute atomic E-state index is 6.18. The molecule has 2 aliphatic rings. The maximum atomic E-state index is 6.18. The summed E-state index contributed by atoms with van der Waals surface area (Å²) in [6.45, 7) is 10.3. The van der Waals surface area contributed by atoms with Gasteiger partial charge in [0.1, 0.15) is 0 Å². The van der Waals surface area contributed by atoms with E-state index in [1.54, 1.807) is 0 Å². The lowest BCUT2D eigenvalue weighted by Crippen LogP contribution is -2.55. The lowest BCUT2D eigenvalue weighted by atomic mass is 9.88. The van der Waals surface area contributed by atoms with Crippen LogP contribution in [0.2, 0.25) is 0 Å². The quantitative estimate of drug-likeness (QED) is 0.792. The number of likely N-dealkylation sites (N-methyl/N-ethyl adjacent to an activating group) is 1. The first-order valence-corrected chi connectivity index (χ1v) is 7.45. The fraction of sp³-hybridized carbons (Fsp3) is 1.00. The van der Waals surface area contributed by atoms with E-state index in [2.05, 4.69) is 23.6 Å². The van der Waals surface area contributed by atoms with Crippen LogP contribution in [0.15, 0.2) is 0 Å². The molecule has 0 spiro atoms. The van der Waals surface area contributed by atoms with Crippen LogP contribution in [-0.4, -0.2) is 54.1 Å². The van der Waals surface area contributed by atoms with Crippen molar-refractivity contribution < 1.29 is 0 Å². The number of nitrogens with two attached hydrogens (primary N) is 1. The topological polar surface area (TPSA) is 32.5 Å². The fourth-order valence-electron chi connectivity index (χ4n) is 3.53. The molecule has 1 saturated carbocycles. The Bertz CT molecular complexity index is 240. The number of likely N-dealkylation sites (tertiary alicyclic amines) is 1. The van der Waals surface area contributed by atoms with E-state index in [-0.39, 0.29) is 0 Å². The van der Waals surface area contributed by atoms with Crippen LogP contribution in [0.1, 0.15) is 46.0 Å². The van der Waals surface area contributed by atoms with Gasteiger partial charge in [0.05, 0.1) is 0 Å². The zero-order chi connectivity index (χ0) is 12.3. The summed E-state index contributed by atoms with van der Waals surface area (Å²) < 4.78 is 0. The van der Waals surface area contributed by atoms with Gasteiger partial charge in [0, 0.05) is 18.1 Å². The van der Waals surface area contributed by atoms with E-state index >= 15 is 0 Å². The Morgan fingerprint density at radius 3 is 2.53 bits per heavy atom. The number of rotatable bonds is 5. The first kappa shape index (κ1) is 13.3. The van der Waals surface area contributed by atoms with Gasteiger partial charge in [-0.05, 0) is 58.3 Å². The number of nitrogens with zero attached hydrogens (tertiary/aromatic N) is 2. The molecule has 0 bridgehead atoms. The molecular weight excluding hydrogens is 210 g/mol. The highest BCUT2D eigenvalue weighted by molar-refractivity contribution is 5.00. The third-order valence-corrected chi connectivity index (χ3v) is 4.77. The minimum Gasteiger partial charge on any atom is -0.329 e. The van der Waals surface area contributed by atoms with E-state index in [1.807, 2.05) is 0 Å². The molecule has 1 saturated heterocycles. The van der Waals surface area contributed by atoms with Gasteiger partial charge in [0.2, 0.25) is 0 Å². The van der Waals surface area contributed by atoms with Crippen molar-refractivity contribution in [1.82, 2.24) is 9.80 Å². The largest absolute Gasteiger partial charge is 0.329 e. The van der Waals surface area contributed by atoms with Gasteiger partial charge >= 0.3 is 0 Å². The van der Waals surface area contributed by atoms with Crippen LogP contribution >= 0.6 is 0 Å². The molecule has 3 heteroatoms. The second-order valence-electron chi connectivity index (χ2n) is 5.73. The maximum Gasteiger partial charge on any atom is 0.0347 e. The van der Waals surface area contributed by atoms with Crippen molar-refractivity contribution in [2.45, 2.75) is 57.5 Å². The average molecular weight is 239 g/mol. The van der Waals surface area contributed by atoms with Crippen LogP contribution in [0.25, 0.3) is 0 Å². The van der Waals surface area contributed by atoms with Crippen molar-refractivity contribution in [1.29, 1.82) is 0 Å². The third-order valence-electron chi connectivity index (χ3n) is 4.77. The molecule has 1 heterocycles. The van der Waals surface area contributed by atoms with Crippen LogP contribution in [0.4, 0.5) is 0 Å². The highest BCUT2D eigenvalue weighted by Gasteiger charge is 2.42. The summed E-state index contributed by atoms with van der Waals surface area (Å²) in [4.78, 5) is 5.31. The van der Waals surface area contributed by atoms with Gasteiger partial charge in [-0.15, -0.1) is 0 Å². The molecule has 2 rings (SSSR count). The predicted molar refractivity (Wildman–Crippen MR) is 73.2 cm³/mol. The molecule has 17 heavy (non-hydrogen) atoms. The lowest BCUT2D eigenvalue weighted by molar-refractivity contribution is 0.0752. The van der Waals surface area contributed by atoms with Crippen molar-refractivity contribution in [3.05, 3.63) is 0 Å². The Balaban J connectivity index is 2.06. The number of hydrogen-bond acceptors (Lipinski definition) is 3. The monoisotopic (exact) mass is 239 g/mol. The van der Waals surface area contributed by atoms with Gasteiger partial charge in [0.25, 0.3) is 0 Å². The standard InChI is InChI=1S/C14H29N3/c1-3-16-10-5-8-14(12-15,9-11-16)17(4-2)13-6-7-13/h13H,3-12,15H2,1-2H3. The molecular formula is C14H29N3. The van der Waals surface area contributed by atoms with E-state index in [0.717, 1.165) is 12.6 Å².